The number of hydrogen-bond acceptors (Lipinski definition) is 4. The molecular formula is C15H14BrN5. The van der Waals surface area contributed by atoms with E-state index in [4.69, 9.17) is 0 Å². The fraction of sp³-hybridized carbons (Fsp3) is 0.133. The summed E-state index contributed by atoms with van der Waals surface area (Å²) < 4.78 is 2.71. The fourth-order valence-electron chi connectivity index (χ4n) is 2.02. The summed E-state index contributed by atoms with van der Waals surface area (Å²) in [5.41, 5.74) is 2.19. The van der Waals surface area contributed by atoms with Crippen LogP contribution in [0.2, 0.25) is 0 Å². The Labute approximate surface area is 131 Å². The van der Waals surface area contributed by atoms with Crippen molar-refractivity contribution in [3.05, 3.63) is 65.3 Å². The monoisotopic (exact) mass is 343 g/mol. The van der Waals surface area contributed by atoms with Crippen LogP contribution in [0.25, 0.3) is 5.82 Å². The Hall–Kier alpha value is -2.21. The first-order chi connectivity index (χ1) is 10.2. The zero-order chi connectivity index (χ0) is 14.7. The van der Waals surface area contributed by atoms with Gasteiger partial charge in [-0.15, -0.1) is 0 Å². The summed E-state index contributed by atoms with van der Waals surface area (Å²) in [6.07, 6.45) is 4.91. The highest BCUT2D eigenvalue weighted by Gasteiger charge is 2.06. The van der Waals surface area contributed by atoms with Crippen LogP contribution in [0.1, 0.15) is 18.5 Å². The largest absolute Gasteiger partial charge is 0.377 e. The topological polar surface area (TPSA) is 55.6 Å². The van der Waals surface area contributed by atoms with Crippen molar-refractivity contribution in [2.24, 2.45) is 0 Å². The molecule has 5 nitrogen and oxygen atoms in total. The van der Waals surface area contributed by atoms with Crippen LogP contribution in [0.4, 0.5) is 5.69 Å². The molecular weight excluding hydrogens is 330 g/mol. The minimum Gasteiger partial charge on any atom is -0.377 e. The molecule has 1 aromatic carbocycles. The van der Waals surface area contributed by atoms with Crippen LogP contribution < -0.4 is 5.32 Å². The third-order valence-electron chi connectivity index (χ3n) is 3.15. The van der Waals surface area contributed by atoms with Crippen LogP contribution in [0.3, 0.4) is 0 Å². The third kappa shape index (κ3) is 3.28. The van der Waals surface area contributed by atoms with Crippen molar-refractivity contribution in [2.45, 2.75) is 13.0 Å². The van der Waals surface area contributed by atoms with Crippen LogP contribution >= 0.6 is 15.9 Å². The number of benzene rings is 1. The molecule has 1 atom stereocenters. The third-order valence-corrected chi connectivity index (χ3v) is 3.68. The number of aromatic nitrogens is 4. The Morgan fingerprint density at radius 3 is 2.57 bits per heavy atom. The molecule has 3 rings (SSSR count). The molecule has 2 aromatic heterocycles. The number of halogens is 1. The SMILES string of the molecule is CC(Nc1ccc(-n2cncn2)nc1)c1ccc(Br)cc1. The summed E-state index contributed by atoms with van der Waals surface area (Å²) in [5.74, 6) is 0.745. The Morgan fingerprint density at radius 1 is 1.14 bits per heavy atom. The van der Waals surface area contributed by atoms with E-state index in [-0.39, 0.29) is 6.04 Å². The standard InChI is InChI=1S/C15H14BrN5/c1-11(12-2-4-13(16)5-3-12)20-14-6-7-15(18-8-14)21-10-17-9-19-21/h2-11,20H,1H3. The maximum Gasteiger partial charge on any atom is 0.155 e. The molecule has 0 bridgehead atoms. The lowest BCUT2D eigenvalue weighted by Crippen LogP contribution is -2.07. The number of hydrogen-bond donors (Lipinski definition) is 1. The number of pyridine rings is 1. The van der Waals surface area contributed by atoms with Crippen molar-refractivity contribution < 1.29 is 0 Å². The van der Waals surface area contributed by atoms with Crippen molar-refractivity contribution in [1.29, 1.82) is 0 Å². The second kappa shape index (κ2) is 6.05. The highest BCUT2D eigenvalue weighted by molar-refractivity contribution is 9.10. The molecule has 0 saturated carbocycles. The van der Waals surface area contributed by atoms with Gasteiger partial charge in [-0.05, 0) is 36.8 Å². The lowest BCUT2D eigenvalue weighted by molar-refractivity contribution is 0.841. The van der Waals surface area contributed by atoms with Crippen molar-refractivity contribution in [1.82, 2.24) is 19.7 Å². The average Bonchev–Trinajstić information content (AvgIpc) is 3.03. The van der Waals surface area contributed by atoms with Gasteiger partial charge in [-0.1, -0.05) is 28.1 Å². The Bertz CT molecular complexity index is 692. The van der Waals surface area contributed by atoms with Crippen LogP contribution in [-0.2, 0) is 0 Å². The zero-order valence-electron chi connectivity index (χ0n) is 11.4. The summed E-state index contributed by atoms with van der Waals surface area (Å²) >= 11 is 3.44. The highest BCUT2D eigenvalue weighted by Crippen LogP contribution is 2.21. The first-order valence-corrected chi connectivity index (χ1v) is 7.35. The molecule has 6 heteroatoms. The second-order valence-electron chi connectivity index (χ2n) is 4.66. The quantitative estimate of drug-likeness (QED) is 0.786. The lowest BCUT2D eigenvalue weighted by atomic mass is 10.1. The first-order valence-electron chi connectivity index (χ1n) is 6.55. The lowest BCUT2D eigenvalue weighted by Gasteiger charge is -2.15. The number of nitrogens with one attached hydrogen (secondary N) is 1. The predicted molar refractivity (Wildman–Crippen MR) is 85.3 cm³/mol. The van der Waals surface area contributed by atoms with Gasteiger partial charge in [0.05, 0.1) is 11.9 Å². The van der Waals surface area contributed by atoms with E-state index in [1.807, 2.05) is 24.3 Å². The Morgan fingerprint density at radius 2 is 1.95 bits per heavy atom. The van der Waals surface area contributed by atoms with Crippen molar-refractivity contribution in [3.63, 3.8) is 0 Å². The van der Waals surface area contributed by atoms with Gasteiger partial charge in [0.2, 0.25) is 0 Å². The molecule has 21 heavy (non-hydrogen) atoms. The Kier molecular flexibility index (Phi) is 3.96. The molecule has 0 aliphatic rings. The summed E-state index contributed by atoms with van der Waals surface area (Å²) in [6, 6.07) is 12.4. The van der Waals surface area contributed by atoms with Crippen LogP contribution in [0.5, 0.6) is 0 Å². The zero-order valence-corrected chi connectivity index (χ0v) is 13.0. The summed E-state index contributed by atoms with van der Waals surface area (Å²) in [5, 5.41) is 7.48. The first kappa shape index (κ1) is 13.8. The second-order valence-corrected chi connectivity index (χ2v) is 5.58. The molecule has 1 unspecified atom stereocenters. The molecule has 0 aliphatic carbocycles. The molecule has 0 spiro atoms. The summed E-state index contributed by atoms with van der Waals surface area (Å²) in [7, 11) is 0. The van der Waals surface area contributed by atoms with Gasteiger partial charge in [-0.2, -0.15) is 5.10 Å². The molecule has 3 aromatic rings. The molecule has 0 fully saturated rings. The molecule has 0 amide bonds. The molecule has 0 radical (unpaired) electrons. The number of anilines is 1. The number of rotatable bonds is 4. The normalized spacial score (nSPS) is 12.1. The van der Waals surface area contributed by atoms with Crippen LogP contribution in [0, 0.1) is 0 Å². The smallest absolute Gasteiger partial charge is 0.155 e. The maximum absolute atomic E-state index is 4.37. The predicted octanol–water partition coefficient (Wildman–Crippen LogP) is 3.60. The van der Waals surface area contributed by atoms with Crippen molar-refractivity contribution in [2.75, 3.05) is 5.32 Å². The fourth-order valence-corrected chi connectivity index (χ4v) is 2.28. The summed E-state index contributed by atoms with van der Waals surface area (Å²) in [4.78, 5) is 8.28. The number of nitrogens with zero attached hydrogens (tertiary/aromatic N) is 4. The van der Waals surface area contributed by atoms with Gasteiger partial charge < -0.3 is 5.32 Å². The molecule has 106 valence electrons. The van der Waals surface area contributed by atoms with E-state index >= 15 is 0 Å². The van der Waals surface area contributed by atoms with Crippen molar-refractivity contribution in [3.8, 4) is 5.82 Å². The van der Waals surface area contributed by atoms with E-state index in [1.54, 1.807) is 17.2 Å². The van der Waals surface area contributed by atoms with Gasteiger partial charge >= 0.3 is 0 Å². The average molecular weight is 344 g/mol. The van der Waals surface area contributed by atoms with E-state index in [0.717, 1.165) is 16.0 Å². The van der Waals surface area contributed by atoms with Gasteiger partial charge in [-0.25, -0.2) is 14.6 Å². The van der Waals surface area contributed by atoms with Gasteiger partial charge in [0, 0.05) is 10.5 Å². The van der Waals surface area contributed by atoms with E-state index in [2.05, 4.69) is 55.4 Å². The van der Waals surface area contributed by atoms with Gasteiger partial charge in [-0.3, -0.25) is 0 Å². The van der Waals surface area contributed by atoms with Crippen molar-refractivity contribution >= 4 is 21.6 Å². The van der Waals surface area contributed by atoms with Gasteiger partial charge in [0.1, 0.15) is 12.7 Å². The molecule has 1 N–H and O–H groups in total. The minimum atomic E-state index is 0.206. The Balaban J connectivity index is 1.71. The summed E-state index contributed by atoms with van der Waals surface area (Å²) in [6.45, 7) is 2.12. The minimum absolute atomic E-state index is 0.206. The van der Waals surface area contributed by atoms with E-state index in [9.17, 15) is 0 Å². The van der Waals surface area contributed by atoms with Crippen LogP contribution in [0.15, 0.2) is 59.7 Å². The highest BCUT2D eigenvalue weighted by atomic mass is 79.9. The van der Waals surface area contributed by atoms with Gasteiger partial charge in [0.25, 0.3) is 0 Å². The van der Waals surface area contributed by atoms with Crippen LogP contribution in [-0.4, -0.2) is 19.7 Å². The molecule has 0 saturated heterocycles. The van der Waals surface area contributed by atoms with E-state index in [1.165, 1.54) is 11.9 Å². The molecule has 0 aliphatic heterocycles. The maximum atomic E-state index is 4.37. The molecule has 2 heterocycles. The van der Waals surface area contributed by atoms with E-state index < -0.39 is 0 Å². The van der Waals surface area contributed by atoms with E-state index in [0.29, 0.717) is 0 Å². The van der Waals surface area contributed by atoms with Gasteiger partial charge in [0.15, 0.2) is 5.82 Å².